The van der Waals surface area contributed by atoms with Crippen molar-refractivity contribution in [1.29, 1.82) is 0 Å². The Labute approximate surface area is 110 Å². The van der Waals surface area contributed by atoms with Crippen LogP contribution in [0, 0.1) is 0 Å². The van der Waals surface area contributed by atoms with E-state index in [1.54, 1.807) is 18.7 Å². The molecular weight excluding hydrogens is 248 g/mol. The molecule has 0 aromatic rings. The summed E-state index contributed by atoms with van der Waals surface area (Å²) in [6.45, 7) is 12.9. The van der Waals surface area contributed by atoms with Crippen LogP contribution in [0.3, 0.4) is 0 Å². The Morgan fingerprint density at radius 2 is 2.06 bits per heavy atom. The molecule has 0 saturated carbocycles. The fourth-order valence-corrected chi connectivity index (χ4v) is 3.61. The predicted octanol–water partition coefficient (Wildman–Crippen LogP) is 3.99. The minimum Gasteiger partial charge on any atom is -0.546 e. The van der Waals surface area contributed by atoms with Crippen molar-refractivity contribution in [2.24, 2.45) is 0 Å². The van der Waals surface area contributed by atoms with Gasteiger partial charge in [0.05, 0.1) is 11.0 Å². The van der Waals surface area contributed by atoms with Crippen LogP contribution in [0.2, 0.25) is 18.1 Å². The molecule has 0 radical (unpaired) electrons. The molecule has 0 aromatic heterocycles. The molecule has 0 aromatic carbocycles. The monoisotopic (exact) mass is 272 g/mol. The summed E-state index contributed by atoms with van der Waals surface area (Å²) >= 11 is 1.71. The number of Topliss-reactive ketones (excluding diaryl/α,β-unsaturated/α-hetero) is 1. The van der Waals surface area contributed by atoms with E-state index in [0.29, 0.717) is 0 Å². The standard InChI is InChI=1S/C13H24O2SSi/c1-10(14)12-8-7-11(9-16-12)15-17(5,6)13(2,3)4/h7,12H,8-9H2,1-6H3. The average molecular weight is 272 g/mol. The van der Waals surface area contributed by atoms with E-state index in [0.717, 1.165) is 17.9 Å². The highest BCUT2D eigenvalue weighted by molar-refractivity contribution is 8.00. The summed E-state index contributed by atoms with van der Waals surface area (Å²) < 4.78 is 6.24. The van der Waals surface area contributed by atoms with Crippen molar-refractivity contribution < 1.29 is 9.22 Å². The summed E-state index contributed by atoms with van der Waals surface area (Å²) in [5, 5.41) is 0.373. The maximum Gasteiger partial charge on any atom is 0.250 e. The second kappa shape index (κ2) is 5.18. The van der Waals surface area contributed by atoms with E-state index >= 15 is 0 Å². The third-order valence-electron chi connectivity index (χ3n) is 3.63. The highest BCUT2D eigenvalue weighted by Gasteiger charge is 2.39. The second-order valence-electron chi connectivity index (χ2n) is 6.18. The van der Waals surface area contributed by atoms with Gasteiger partial charge in [-0.25, -0.2) is 0 Å². The molecule has 0 spiro atoms. The van der Waals surface area contributed by atoms with Crippen LogP contribution in [0.4, 0.5) is 0 Å². The zero-order chi connectivity index (χ0) is 13.3. The van der Waals surface area contributed by atoms with Crippen molar-refractivity contribution in [3.8, 4) is 0 Å². The first-order valence-corrected chi connectivity index (χ1v) is 10.1. The van der Waals surface area contributed by atoms with E-state index in [-0.39, 0.29) is 16.1 Å². The highest BCUT2D eigenvalue weighted by Crippen LogP contribution is 2.39. The SMILES string of the molecule is CC(=O)C1CC=C(O[Si](C)(C)C(C)(C)C)CS1. The summed E-state index contributed by atoms with van der Waals surface area (Å²) in [5.74, 6) is 2.20. The molecule has 0 aliphatic carbocycles. The Bertz CT molecular complexity index is 329. The molecule has 98 valence electrons. The molecule has 17 heavy (non-hydrogen) atoms. The van der Waals surface area contributed by atoms with Gasteiger partial charge in [0, 0.05) is 5.75 Å². The van der Waals surface area contributed by atoms with Gasteiger partial charge in [-0.3, -0.25) is 4.79 Å². The molecule has 1 aliphatic heterocycles. The van der Waals surface area contributed by atoms with Crippen molar-refractivity contribution >= 4 is 25.9 Å². The van der Waals surface area contributed by atoms with Gasteiger partial charge in [0.2, 0.25) is 8.32 Å². The maximum absolute atomic E-state index is 11.3. The fourth-order valence-electron chi connectivity index (χ4n) is 1.38. The van der Waals surface area contributed by atoms with Crippen molar-refractivity contribution in [1.82, 2.24) is 0 Å². The third kappa shape index (κ3) is 3.88. The first-order valence-electron chi connectivity index (χ1n) is 6.13. The molecule has 0 N–H and O–H groups in total. The lowest BCUT2D eigenvalue weighted by molar-refractivity contribution is -0.116. The molecular formula is C13H24O2SSi. The molecule has 0 amide bonds. The molecule has 1 rings (SSSR count). The van der Waals surface area contributed by atoms with Gasteiger partial charge in [-0.1, -0.05) is 20.8 Å². The minimum absolute atomic E-state index is 0.141. The summed E-state index contributed by atoms with van der Waals surface area (Å²) in [7, 11) is -1.71. The Hall–Kier alpha value is -0.223. The van der Waals surface area contributed by atoms with Gasteiger partial charge in [-0.2, -0.15) is 0 Å². The van der Waals surface area contributed by atoms with Crippen LogP contribution in [0.5, 0.6) is 0 Å². The highest BCUT2D eigenvalue weighted by atomic mass is 32.2. The number of allylic oxidation sites excluding steroid dienone is 1. The number of carbonyl (C=O) groups excluding carboxylic acids is 1. The zero-order valence-corrected chi connectivity index (χ0v) is 13.6. The number of thioether (sulfide) groups is 1. The Balaban J connectivity index is 2.64. The van der Waals surface area contributed by atoms with Crippen LogP contribution in [0.25, 0.3) is 0 Å². The van der Waals surface area contributed by atoms with Crippen LogP contribution < -0.4 is 0 Å². The number of carbonyl (C=O) groups is 1. The zero-order valence-electron chi connectivity index (χ0n) is 11.8. The quantitative estimate of drug-likeness (QED) is 0.727. The van der Waals surface area contributed by atoms with E-state index in [9.17, 15) is 4.79 Å². The maximum atomic E-state index is 11.3. The topological polar surface area (TPSA) is 26.3 Å². The van der Waals surface area contributed by atoms with Crippen LogP contribution in [0.1, 0.15) is 34.1 Å². The van der Waals surface area contributed by atoms with Gasteiger partial charge in [0.15, 0.2) is 0 Å². The van der Waals surface area contributed by atoms with E-state index in [1.165, 1.54) is 0 Å². The van der Waals surface area contributed by atoms with Gasteiger partial charge < -0.3 is 4.43 Å². The molecule has 1 aliphatic rings. The van der Waals surface area contributed by atoms with E-state index in [4.69, 9.17) is 4.43 Å². The smallest absolute Gasteiger partial charge is 0.250 e. The second-order valence-corrected chi connectivity index (χ2v) is 12.1. The Kier molecular flexibility index (Phi) is 4.52. The van der Waals surface area contributed by atoms with Crippen molar-refractivity contribution in [2.75, 3.05) is 5.75 Å². The van der Waals surface area contributed by atoms with Crippen LogP contribution in [-0.4, -0.2) is 25.1 Å². The van der Waals surface area contributed by atoms with Crippen LogP contribution in [0.15, 0.2) is 11.8 Å². The molecule has 2 nitrogen and oxygen atoms in total. The number of hydrogen-bond donors (Lipinski definition) is 0. The molecule has 1 unspecified atom stereocenters. The van der Waals surface area contributed by atoms with E-state index < -0.39 is 8.32 Å². The summed E-state index contributed by atoms with van der Waals surface area (Å²) in [4.78, 5) is 11.3. The van der Waals surface area contributed by atoms with Crippen LogP contribution in [-0.2, 0) is 9.22 Å². The Morgan fingerprint density at radius 3 is 2.41 bits per heavy atom. The average Bonchev–Trinajstić information content (AvgIpc) is 2.16. The molecule has 0 bridgehead atoms. The Morgan fingerprint density at radius 1 is 1.47 bits per heavy atom. The number of ketones is 1. The van der Waals surface area contributed by atoms with Crippen LogP contribution >= 0.6 is 11.8 Å². The molecule has 1 atom stereocenters. The lowest BCUT2D eigenvalue weighted by atomic mass is 10.2. The van der Waals surface area contributed by atoms with Gasteiger partial charge in [0.1, 0.15) is 5.78 Å². The first-order chi connectivity index (χ1) is 7.63. The first kappa shape index (κ1) is 14.8. The van der Waals surface area contributed by atoms with Gasteiger partial charge >= 0.3 is 0 Å². The molecule has 0 fully saturated rings. The predicted molar refractivity (Wildman–Crippen MR) is 77.9 cm³/mol. The van der Waals surface area contributed by atoms with Crippen molar-refractivity contribution in [2.45, 2.75) is 57.5 Å². The fraction of sp³-hybridized carbons (Fsp3) is 0.769. The van der Waals surface area contributed by atoms with E-state index in [2.05, 4.69) is 39.9 Å². The van der Waals surface area contributed by atoms with Crippen molar-refractivity contribution in [3.05, 3.63) is 11.8 Å². The third-order valence-corrected chi connectivity index (χ3v) is 9.40. The summed E-state index contributed by atoms with van der Waals surface area (Å²) in [6, 6.07) is 0. The van der Waals surface area contributed by atoms with Gasteiger partial charge in [0.25, 0.3) is 0 Å². The van der Waals surface area contributed by atoms with Crippen molar-refractivity contribution in [3.63, 3.8) is 0 Å². The van der Waals surface area contributed by atoms with E-state index in [1.807, 2.05) is 0 Å². The van der Waals surface area contributed by atoms with Gasteiger partial charge in [-0.15, -0.1) is 11.8 Å². The minimum atomic E-state index is -1.71. The largest absolute Gasteiger partial charge is 0.546 e. The summed E-state index contributed by atoms with van der Waals surface area (Å²) in [6.07, 6.45) is 2.94. The number of hydrogen-bond acceptors (Lipinski definition) is 3. The normalized spacial score (nSPS) is 22.0. The molecule has 0 saturated heterocycles. The molecule has 4 heteroatoms. The lowest BCUT2D eigenvalue weighted by Crippen LogP contribution is -2.41. The lowest BCUT2D eigenvalue weighted by Gasteiger charge is -2.38. The molecule has 1 heterocycles. The summed E-state index contributed by atoms with van der Waals surface area (Å²) in [5.41, 5.74) is 0. The van der Waals surface area contributed by atoms with Gasteiger partial charge in [-0.05, 0) is 37.6 Å². The number of rotatable bonds is 3.